The van der Waals surface area contributed by atoms with Crippen molar-refractivity contribution in [3.05, 3.63) is 170 Å². The highest BCUT2D eigenvalue weighted by Gasteiger charge is 2.08. The molecule has 70 heavy (non-hydrogen) atoms. The summed E-state index contributed by atoms with van der Waals surface area (Å²) in [7, 11) is 0. The largest absolute Gasteiger partial charge is 1.00 e. The minimum atomic E-state index is 0. The zero-order valence-corrected chi connectivity index (χ0v) is 49.7. The molecule has 12 heteroatoms. The lowest BCUT2D eigenvalue weighted by Crippen LogP contribution is -3.00. The molecule has 0 saturated carbocycles. The van der Waals surface area contributed by atoms with E-state index in [2.05, 4.69) is 189 Å². The van der Waals surface area contributed by atoms with Crippen LogP contribution in [0.25, 0.3) is 12.2 Å². The molecule has 8 nitrogen and oxygen atoms in total. The number of aryl methyl sites for hydroxylation is 4. The second kappa shape index (κ2) is 40.4. The van der Waals surface area contributed by atoms with Gasteiger partial charge in [-0.1, -0.05) is 36.4 Å². The maximum atomic E-state index is 6.38. The van der Waals surface area contributed by atoms with Gasteiger partial charge < -0.3 is 115 Å². The van der Waals surface area contributed by atoms with Crippen LogP contribution in [0.3, 0.4) is 0 Å². The molecule has 0 saturated heterocycles. The van der Waals surface area contributed by atoms with Gasteiger partial charge in [-0.25, -0.2) is 18.3 Å². The van der Waals surface area contributed by atoms with Crippen molar-refractivity contribution in [3.63, 3.8) is 0 Å². The van der Waals surface area contributed by atoms with Crippen molar-refractivity contribution in [1.29, 1.82) is 0 Å². The van der Waals surface area contributed by atoms with Crippen molar-refractivity contribution in [1.82, 2.24) is 0 Å². The second-order valence-corrected chi connectivity index (χ2v) is 17.3. The third-order valence-electron chi connectivity index (χ3n) is 11.7. The molecule has 0 radical (unpaired) electrons. The van der Waals surface area contributed by atoms with Crippen LogP contribution in [-0.4, -0.2) is 26.4 Å². The lowest BCUT2D eigenvalue weighted by Gasteiger charge is -2.12. The molecule has 2 aromatic carbocycles. The van der Waals surface area contributed by atoms with Crippen LogP contribution in [0.15, 0.2) is 159 Å². The number of rotatable bonds is 34. The van der Waals surface area contributed by atoms with E-state index in [4.69, 9.17) is 18.9 Å². The van der Waals surface area contributed by atoms with Crippen LogP contribution in [0.5, 0.6) is 23.0 Å². The highest BCUT2D eigenvalue weighted by Crippen LogP contribution is 2.28. The molecule has 0 fully saturated rings. The lowest BCUT2D eigenvalue weighted by molar-refractivity contribution is -0.697. The van der Waals surface area contributed by atoms with Gasteiger partial charge in [-0.2, -0.15) is 0 Å². The van der Waals surface area contributed by atoms with Crippen molar-refractivity contribution >= 4 is 12.2 Å². The van der Waals surface area contributed by atoms with Crippen LogP contribution in [0.4, 0.5) is 0 Å². The number of nitrogens with zero attached hydrogens (tertiary/aromatic N) is 4. The highest BCUT2D eigenvalue weighted by molar-refractivity contribution is 5.72. The minimum Gasteiger partial charge on any atom is -1.00 e. The fourth-order valence-electron chi connectivity index (χ4n) is 8.00. The van der Waals surface area contributed by atoms with Gasteiger partial charge in [-0.15, -0.1) is 0 Å². The third kappa shape index (κ3) is 27.6. The molecule has 4 heterocycles. The summed E-state index contributed by atoms with van der Waals surface area (Å²) in [6.07, 6.45) is 39.5. The smallest absolute Gasteiger partial charge is 0.168 e. The maximum absolute atomic E-state index is 6.38. The van der Waals surface area contributed by atoms with E-state index in [9.17, 15) is 0 Å². The van der Waals surface area contributed by atoms with E-state index in [0.29, 0.717) is 26.4 Å². The van der Waals surface area contributed by atoms with Crippen LogP contribution in [0.2, 0.25) is 0 Å². The topological polar surface area (TPSA) is 52.4 Å². The van der Waals surface area contributed by atoms with E-state index in [0.717, 1.165) is 112 Å². The molecular formula is C58H76I4N4O4. The first-order valence-corrected chi connectivity index (χ1v) is 25.0. The lowest BCUT2D eigenvalue weighted by atomic mass is 10.1. The molecule has 6 aromatic rings. The number of unbranched alkanes of at least 4 members (excludes halogenated alkanes) is 12. The van der Waals surface area contributed by atoms with Crippen LogP contribution < -0.4 is 133 Å². The van der Waals surface area contributed by atoms with Gasteiger partial charge in [0.15, 0.2) is 49.6 Å². The number of hydrogen-bond donors (Lipinski definition) is 0. The van der Waals surface area contributed by atoms with E-state index in [-0.39, 0.29) is 95.9 Å². The SMILES string of the molecule is C(=C\c1cc(OCCCCCC[n+]2ccccc2)cc(OCCCCCC[n+]2ccccc2)c1)/c1cc(OCCCCCC[n+]2ccccc2)cc(OCCCCCC[n+]2ccccc2)c1.[I-].[I-].[I-].[I-]. The first kappa shape index (κ1) is 63.0. The summed E-state index contributed by atoms with van der Waals surface area (Å²) < 4.78 is 34.5. The monoisotopic (exact) mass is 1400 g/mol. The molecule has 0 aliphatic carbocycles. The molecule has 0 N–H and O–H groups in total. The summed E-state index contributed by atoms with van der Waals surface area (Å²) in [5, 5.41) is 0. The minimum absolute atomic E-state index is 0. The van der Waals surface area contributed by atoms with Crippen molar-refractivity contribution in [2.75, 3.05) is 26.4 Å². The Kier molecular flexibility index (Phi) is 36.4. The predicted octanol–water partition coefficient (Wildman–Crippen LogP) is -0.419. The Labute approximate surface area is 488 Å². The quantitative estimate of drug-likeness (QED) is 0.0239. The van der Waals surface area contributed by atoms with Gasteiger partial charge >= 0.3 is 0 Å². The van der Waals surface area contributed by atoms with Gasteiger partial charge in [-0.3, -0.25) is 0 Å². The van der Waals surface area contributed by atoms with Crippen molar-refractivity contribution in [3.8, 4) is 23.0 Å². The predicted molar refractivity (Wildman–Crippen MR) is 264 cm³/mol. The zero-order valence-electron chi connectivity index (χ0n) is 41.1. The normalized spacial score (nSPS) is 10.6. The van der Waals surface area contributed by atoms with Gasteiger partial charge in [-0.05, 0) is 112 Å². The summed E-state index contributed by atoms with van der Waals surface area (Å²) >= 11 is 0. The van der Waals surface area contributed by atoms with E-state index in [1.807, 2.05) is 0 Å². The molecule has 0 bridgehead atoms. The van der Waals surface area contributed by atoms with E-state index in [1.165, 1.54) is 51.4 Å². The number of halogens is 4. The fourth-order valence-corrected chi connectivity index (χ4v) is 8.00. The summed E-state index contributed by atoms with van der Waals surface area (Å²) in [6.45, 7) is 6.94. The van der Waals surface area contributed by atoms with Gasteiger partial charge in [0.25, 0.3) is 0 Å². The average molecular weight is 1400 g/mol. The molecule has 0 aliphatic rings. The number of ether oxygens (including phenoxy) is 4. The number of pyridine rings is 4. The Morgan fingerprint density at radius 3 is 0.700 bits per heavy atom. The number of hydrogen-bond acceptors (Lipinski definition) is 4. The van der Waals surface area contributed by atoms with Gasteiger partial charge in [0.1, 0.15) is 49.2 Å². The first-order chi connectivity index (χ1) is 32.7. The molecule has 0 amide bonds. The van der Waals surface area contributed by atoms with E-state index >= 15 is 0 Å². The molecule has 0 unspecified atom stereocenters. The number of aromatic nitrogens is 4. The molecule has 6 rings (SSSR count). The second-order valence-electron chi connectivity index (χ2n) is 17.3. The van der Waals surface area contributed by atoms with Crippen molar-refractivity contribution < 1.29 is 133 Å². The Hall–Kier alpha value is -3.10. The van der Waals surface area contributed by atoms with Crippen LogP contribution >= 0.6 is 0 Å². The summed E-state index contributed by atoms with van der Waals surface area (Å²) in [4.78, 5) is 0. The van der Waals surface area contributed by atoms with Crippen LogP contribution in [0.1, 0.15) is 114 Å². The standard InChI is InChI=1S/C58H76N4O4.4HI/c1(13-31-59-35-17-9-18-36-59)5-25-43-63-55-47-53(48-56(51-55)64-44-26-6-2-14-32-60-37-19-10-20-38-60)29-30-54-49-57(65-45-27-7-3-15-33-61-39-21-11-22-40-61)52-58(50-54)66-46-28-8-4-16-34-62-41-23-12-24-42-62;;;;/h9-12,17-24,29-30,35-42,47-52H,1-8,13-16,25-28,31-34,43-46H2;4*1H/q+4;;;;/p-4/b30-29+;;;;. The van der Waals surface area contributed by atoms with E-state index < -0.39 is 0 Å². The van der Waals surface area contributed by atoms with Crippen LogP contribution in [-0.2, 0) is 26.2 Å². The first-order valence-electron chi connectivity index (χ1n) is 25.0. The summed E-state index contributed by atoms with van der Waals surface area (Å²) in [6, 6.07) is 37.6. The maximum Gasteiger partial charge on any atom is 0.168 e. The van der Waals surface area contributed by atoms with Crippen molar-refractivity contribution in [2.24, 2.45) is 0 Å². The Morgan fingerprint density at radius 1 is 0.257 bits per heavy atom. The molecule has 380 valence electrons. The Bertz CT molecular complexity index is 1910. The summed E-state index contributed by atoms with van der Waals surface area (Å²) in [5.74, 6) is 3.38. The molecule has 4 aromatic heterocycles. The van der Waals surface area contributed by atoms with E-state index in [1.54, 1.807) is 0 Å². The molecule has 0 aliphatic heterocycles. The zero-order chi connectivity index (χ0) is 45.4. The Balaban J connectivity index is 0.00000420. The third-order valence-corrected chi connectivity index (χ3v) is 11.7. The fraction of sp³-hybridized carbons (Fsp3) is 0.414. The molecule has 0 atom stereocenters. The average Bonchev–Trinajstić information content (AvgIpc) is 3.36. The molecule has 0 spiro atoms. The van der Waals surface area contributed by atoms with Gasteiger partial charge in [0.05, 0.1) is 26.4 Å². The Morgan fingerprint density at radius 2 is 0.471 bits per heavy atom. The molecular weight excluding hydrogens is 1320 g/mol. The van der Waals surface area contributed by atoms with Crippen LogP contribution in [0, 0.1) is 0 Å². The highest BCUT2D eigenvalue weighted by atomic mass is 127. The number of benzene rings is 2. The van der Waals surface area contributed by atoms with Gasteiger partial charge in [0.2, 0.25) is 0 Å². The summed E-state index contributed by atoms with van der Waals surface area (Å²) in [5.41, 5.74) is 2.08. The van der Waals surface area contributed by atoms with Gasteiger partial charge in [0, 0.05) is 86.3 Å². The van der Waals surface area contributed by atoms with Crippen molar-refractivity contribution in [2.45, 2.75) is 129 Å².